The highest BCUT2D eigenvalue weighted by Crippen LogP contribution is 2.44. The number of carbonyl (C=O) groups excluding carboxylic acids is 2. The minimum Gasteiger partial charge on any atom is -0.466 e. The van der Waals surface area contributed by atoms with Gasteiger partial charge in [-0.15, -0.1) is 0 Å². The number of nitrogens with zero attached hydrogens (tertiary/aromatic N) is 1. The van der Waals surface area contributed by atoms with Crippen LogP contribution in [0.3, 0.4) is 0 Å². The van der Waals surface area contributed by atoms with E-state index in [0.717, 1.165) is 6.42 Å². The van der Waals surface area contributed by atoms with Crippen LogP contribution in [0.25, 0.3) is 0 Å². The highest BCUT2D eigenvalue weighted by molar-refractivity contribution is 5.76. The average molecular weight is 299 g/mol. The van der Waals surface area contributed by atoms with E-state index in [1.54, 1.807) is 11.8 Å². The van der Waals surface area contributed by atoms with E-state index in [1.165, 1.54) is 0 Å². The molecule has 1 aliphatic heterocycles. The molecule has 1 saturated carbocycles. The standard InChI is InChI=1S/C15H25NO5/c1-5-19-13(17)11-8-10(11)12-9-16(6-7-20-12)14(18)21-15(2,3)4/h10-12H,5-9H2,1-4H3. The molecule has 0 aromatic heterocycles. The molecule has 2 rings (SSSR count). The van der Waals surface area contributed by atoms with E-state index in [4.69, 9.17) is 14.2 Å². The zero-order chi connectivity index (χ0) is 15.6. The van der Waals surface area contributed by atoms with E-state index in [0.29, 0.717) is 26.3 Å². The summed E-state index contributed by atoms with van der Waals surface area (Å²) in [5.41, 5.74) is -0.502. The Morgan fingerprint density at radius 3 is 2.67 bits per heavy atom. The van der Waals surface area contributed by atoms with Crippen LogP contribution in [0.15, 0.2) is 0 Å². The van der Waals surface area contributed by atoms with Crippen molar-refractivity contribution < 1.29 is 23.8 Å². The second kappa shape index (κ2) is 6.22. The topological polar surface area (TPSA) is 65.1 Å². The predicted octanol–water partition coefficient (Wildman–Crippen LogP) is 1.82. The molecule has 0 spiro atoms. The molecule has 0 radical (unpaired) electrons. The number of amides is 1. The third kappa shape index (κ3) is 4.33. The van der Waals surface area contributed by atoms with Crippen LogP contribution in [0.1, 0.15) is 34.1 Å². The van der Waals surface area contributed by atoms with Gasteiger partial charge in [0, 0.05) is 12.5 Å². The quantitative estimate of drug-likeness (QED) is 0.744. The van der Waals surface area contributed by atoms with Crippen molar-refractivity contribution in [3.63, 3.8) is 0 Å². The van der Waals surface area contributed by atoms with Gasteiger partial charge in [0.25, 0.3) is 0 Å². The van der Waals surface area contributed by atoms with Crippen LogP contribution in [0.5, 0.6) is 0 Å². The third-order valence-electron chi connectivity index (χ3n) is 3.65. The second-order valence-electron chi connectivity index (χ2n) is 6.59. The first kappa shape index (κ1) is 16.1. The van der Waals surface area contributed by atoms with Gasteiger partial charge in [0.2, 0.25) is 0 Å². The molecule has 1 amide bonds. The molecular formula is C15H25NO5. The summed E-state index contributed by atoms with van der Waals surface area (Å²) in [4.78, 5) is 25.4. The maximum atomic E-state index is 12.1. The van der Waals surface area contributed by atoms with Crippen LogP contribution in [-0.4, -0.2) is 55.0 Å². The lowest BCUT2D eigenvalue weighted by molar-refractivity contribution is -0.145. The molecule has 2 fully saturated rings. The lowest BCUT2D eigenvalue weighted by Gasteiger charge is -2.34. The van der Waals surface area contributed by atoms with Gasteiger partial charge in [-0.1, -0.05) is 0 Å². The van der Waals surface area contributed by atoms with Crippen LogP contribution >= 0.6 is 0 Å². The number of ether oxygens (including phenoxy) is 3. The third-order valence-corrected chi connectivity index (χ3v) is 3.65. The molecule has 1 aliphatic carbocycles. The average Bonchev–Trinajstić information content (AvgIpc) is 3.17. The number of hydrogen-bond acceptors (Lipinski definition) is 5. The molecule has 0 aromatic rings. The van der Waals surface area contributed by atoms with Crippen molar-refractivity contribution in [3.8, 4) is 0 Å². The lowest BCUT2D eigenvalue weighted by atomic mass is 10.1. The van der Waals surface area contributed by atoms with E-state index >= 15 is 0 Å². The molecule has 120 valence electrons. The summed E-state index contributed by atoms with van der Waals surface area (Å²) >= 11 is 0. The Morgan fingerprint density at radius 2 is 2.05 bits per heavy atom. The highest BCUT2D eigenvalue weighted by atomic mass is 16.6. The molecule has 3 unspecified atom stereocenters. The largest absolute Gasteiger partial charge is 0.466 e. The number of morpholine rings is 1. The fourth-order valence-electron chi connectivity index (χ4n) is 2.57. The van der Waals surface area contributed by atoms with Crippen molar-refractivity contribution in [2.75, 3.05) is 26.3 Å². The summed E-state index contributed by atoms with van der Waals surface area (Å²) in [7, 11) is 0. The van der Waals surface area contributed by atoms with E-state index in [9.17, 15) is 9.59 Å². The molecule has 21 heavy (non-hydrogen) atoms. The lowest BCUT2D eigenvalue weighted by Crippen LogP contribution is -2.48. The Morgan fingerprint density at radius 1 is 1.33 bits per heavy atom. The van der Waals surface area contributed by atoms with Crippen LogP contribution in [0.2, 0.25) is 0 Å². The van der Waals surface area contributed by atoms with Crippen molar-refractivity contribution in [2.24, 2.45) is 11.8 Å². The van der Waals surface area contributed by atoms with Crippen LogP contribution in [-0.2, 0) is 19.0 Å². The summed E-state index contributed by atoms with van der Waals surface area (Å²) in [5.74, 6) is -0.0664. The second-order valence-corrected chi connectivity index (χ2v) is 6.59. The Hall–Kier alpha value is -1.30. The predicted molar refractivity (Wildman–Crippen MR) is 75.8 cm³/mol. The monoisotopic (exact) mass is 299 g/mol. The zero-order valence-corrected chi connectivity index (χ0v) is 13.3. The summed E-state index contributed by atoms with van der Waals surface area (Å²) < 4.78 is 16.1. The van der Waals surface area contributed by atoms with E-state index in [-0.39, 0.29) is 30.0 Å². The van der Waals surface area contributed by atoms with Gasteiger partial charge < -0.3 is 19.1 Å². The van der Waals surface area contributed by atoms with E-state index in [2.05, 4.69) is 0 Å². The number of hydrogen-bond donors (Lipinski definition) is 0. The van der Waals surface area contributed by atoms with Gasteiger partial charge >= 0.3 is 12.1 Å². The van der Waals surface area contributed by atoms with Gasteiger partial charge in [0.1, 0.15) is 5.60 Å². The number of rotatable bonds is 3. The first-order valence-electron chi connectivity index (χ1n) is 7.58. The van der Waals surface area contributed by atoms with Crippen molar-refractivity contribution in [1.29, 1.82) is 0 Å². The van der Waals surface area contributed by atoms with Crippen LogP contribution in [0.4, 0.5) is 4.79 Å². The molecule has 6 nitrogen and oxygen atoms in total. The van der Waals surface area contributed by atoms with E-state index in [1.807, 2.05) is 20.8 Å². The van der Waals surface area contributed by atoms with E-state index < -0.39 is 5.60 Å². The van der Waals surface area contributed by atoms with Gasteiger partial charge in [0.15, 0.2) is 0 Å². The maximum Gasteiger partial charge on any atom is 0.410 e. The minimum absolute atomic E-state index is 0.0754. The Bertz CT molecular complexity index is 403. The normalized spacial score (nSPS) is 29.0. The van der Waals surface area contributed by atoms with Gasteiger partial charge in [-0.05, 0) is 34.1 Å². The first-order valence-corrected chi connectivity index (χ1v) is 7.58. The summed E-state index contributed by atoms with van der Waals surface area (Å²) in [5, 5.41) is 0. The zero-order valence-electron chi connectivity index (χ0n) is 13.3. The maximum absolute atomic E-state index is 12.1. The first-order chi connectivity index (χ1) is 9.81. The molecular weight excluding hydrogens is 274 g/mol. The molecule has 3 atom stereocenters. The van der Waals surface area contributed by atoms with Crippen LogP contribution < -0.4 is 0 Å². The molecule has 1 heterocycles. The molecule has 0 N–H and O–H groups in total. The molecule has 1 saturated heterocycles. The number of carbonyl (C=O) groups is 2. The van der Waals surface area contributed by atoms with Crippen molar-refractivity contribution in [1.82, 2.24) is 4.90 Å². The molecule has 0 aromatic carbocycles. The van der Waals surface area contributed by atoms with Gasteiger partial charge in [-0.2, -0.15) is 0 Å². The van der Waals surface area contributed by atoms with Gasteiger partial charge in [-0.25, -0.2) is 4.79 Å². The number of esters is 1. The molecule has 0 bridgehead atoms. The highest BCUT2D eigenvalue weighted by Gasteiger charge is 2.50. The smallest absolute Gasteiger partial charge is 0.410 e. The molecule has 2 aliphatic rings. The molecule has 6 heteroatoms. The Balaban J connectivity index is 1.85. The van der Waals surface area contributed by atoms with Crippen molar-refractivity contribution in [3.05, 3.63) is 0 Å². The minimum atomic E-state index is -0.502. The SMILES string of the molecule is CCOC(=O)C1CC1C1CN(C(=O)OC(C)(C)C)CCO1. The Kier molecular flexibility index (Phi) is 4.76. The summed E-state index contributed by atoms with van der Waals surface area (Å²) in [6, 6.07) is 0. The van der Waals surface area contributed by atoms with Gasteiger partial charge in [-0.3, -0.25) is 4.79 Å². The van der Waals surface area contributed by atoms with Gasteiger partial charge in [0.05, 0.1) is 31.8 Å². The fraction of sp³-hybridized carbons (Fsp3) is 0.867. The Labute approximate surface area is 125 Å². The van der Waals surface area contributed by atoms with Crippen molar-refractivity contribution in [2.45, 2.75) is 45.8 Å². The van der Waals surface area contributed by atoms with Crippen LogP contribution in [0, 0.1) is 11.8 Å². The fourth-order valence-corrected chi connectivity index (χ4v) is 2.57. The summed E-state index contributed by atoms with van der Waals surface area (Å²) in [6.07, 6.45) is 0.371. The van der Waals surface area contributed by atoms with Crippen molar-refractivity contribution >= 4 is 12.1 Å². The summed E-state index contributed by atoms with van der Waals surface area (Å²) in [6.45, 7) is 9.24.